The number of hydrogen-bond donors (Lipinski definition) is 0. The van der Waals surface area contributed by atoms with Gasteiger partial charge in [-0.1, -0.05) is 48.5 Å². The van der Waals surface area contributed by atoms with Crippen molar-refractivity contribution in [2.75, 3.05) is 0 Å². The lowest BCUT2D eigenvalue weighted by atomic mass is 10.0. The monoisotopic (exact) mass is 333 g/mol. The Morgan fingerprint density at radius 1 is 1.00 bits per heavy atom. The van der Waals surface area contributed by atoms with Gasteiger partial charge in [0.2, 0.25) is 0 Å². The van der Waals surface area contributed by atoms with E-state index in [9.17, 15) is 4.79 Å². The fourth-order valence-electron chi connectivity index (χ4n) is 3.02. The molecule has 3 heteroatoms. The van der Waals surface area contributed by atoms with Crippen molar-refractivity contribution in [3.63, 3.8) is 0 Å². The molecular formula is C22H23NO2. The third-order valence-electron chi connectivity index (χ3n) is 3.99. The summed E-state index contributed by atoms with van der Waals surface area (Å²) in [4.78, 5) is 12.1. The number of esters is 1. The van der Waals surface area contributed by atoms with Crippen LogP contribution in [-0.4, -0.2) is 16.1 Å². The van der Waals surface area contributed by atoms with Gasteiger partial charge in [0, 0.05) is 29.6 Å². The molecule has 0 aliphatic carbocycles. The standard InChI is InChI=1S/C22H23NO2/c1-22(2,3)25-20(24)15-14-18-17-12-8-9-13-19(17)23(4)21(18)16-10-6-5-7-11-16/h5-15H,1-4H3. The molecule has 3 rings (SSSR count). The van der Waals surface area contributed by atoms with Crippen molar-refractivity contribution in [3.05, 3.63) is 66.2 Å². The van der Waals surface area contributed by atoms with Crippen molar-refractivity contribution in [1.82, 2.24) is 4.57 Å². The zero-order chi connectivity index (χ0) is 18.0. The molecule has 3 nitrogen and oxygen atoms in total. The van der Waals surface area contributed by atoms with Crippen molar-refractivity contribution in [3.8, 4) is 11.3 Å². The molecule has 3 aromatic rings. The summed E-state index contributed by atoms with van der Waals surface area (Å²) in [6.07, 6.45) is 3.37. The second kappa shape index (κ2) is 6.60. The van der Waals surface area contributed by atoms with E-state index >= 15 is 0 Å². The molecule has 0 unspecified atom stereocenters. The summed E-state index contributed by atoms with van der Waals surface area (Å²) in [5, 5.41) is 1.11. The van der Waals surface area contributed by atoms with E-state index in [1.807, 2.05) is 57.2 Å². The van der Waals surface area contributed by atoms with Gasteiger partial charge >= 0.3 is 5.97 Å². The molecule has 0 aliphatic heterocycles. The molecule has 0 fully saturated rings. The largest absolute Gasteiger partial charge is 0.457 e. The van der Waals surface area contributed by atoms with Gasteiger partial charge in [0.15, 0.2) is 0 Å². The van der Waals surface area contributed by atoms with Crippen molar-refractivity contribution >= 4 is 22.9 Å². The lowest BCUT2D eigenvalue weighted by Crippen LogP contribution is -2.22. The van der Waals surface area contributed by atoms with Crippen LogP contribution in [0.15, 0.2) is 60.7 Å². The molecule has 0 bridgehead atoms. The average Bonchev–Trinajstić information content (AvgIpc) is 2.85. The van der Waals surface area contributed by atoms with Crippen LogP contribution >= 0.6 is 0 Å². The summed E-state index contributed by atoms with van der Waals surface area (Å²) in [6.45, 7) is 5.60. The number of fused-ring (bicyclic) bond motifs is 1. The summed E-state index contributed by atoms with van der Waals surface area (Å²) >= 11 is 0. The van der Waals surface area contributed by atoms with Crippen molar-refractivity contribution in [2.45, 2.75) is 26.4 Å². The first-order chi connectivity index (χ1) is 11.9. The van der Waals surface area contributed by atoms with E-state index in [1.165, 1.54) is 6.08 Å². The predicted octanol–water partition coefficient (Wildman–Crippen LogP) is 5.20. The normalized spacial score (nSPS) is 12.0. The van der Waals surface area contributed by atoms with E-state index in [2.05, 4.69) is 35.9 Å². The number of nitrogens with zero attached hydrogens (tertiary/aromatic N) is 1. The van der Waals surface area contributed by atoms with Gasteiger partial charge in [-0.05, 0) is 38.5 Å². The third kappa shape index (κ3) is 3.66. The maximum Gasteiger partial charge on any atom is 0.331 e. The van der Waals surface area contributed by atoms with Gasteiger partial charge in [-0.2, -0.15) is 0 Å². The second-order valence-electron chi connectivity index (χ2n) is 7.07. The zero-order valence-electron chi connectivity index (χ0n) is 15.1. The van der Waals surface area contributed by atoms with Gasteiger partial charge < -0.3 is 9.30 Å². The van der Waals surface area contributed by atoms with Crippen molar-refractivity contribution in [2.24, 2.45) is 7.05 Å². The number of ether oxygens (including phenoxy) is 1. The van der Waals surface area contributed by atoms with Crippen LogP contribution in [-0.2, 0) is 16.6 Å². The van der Waals surface area contributed by atoms with Crippen LogP contribution in [0.1, 0.15) is 26.3 Å². The molecule has 1 aromatic heterocycles. The SMILES string of the molecule is Cn1c(-c2ccccc2)c(C=CC(=O)OC(C)(C)C)c2ccccc21. The number of carbonyl (C=O) groups is 1. The maximum atomic E-state index is 12.1. The lowest BCUT2D eigenvalue weighted by Gasteiger charge is -2.17. The highest BCUT2D eigenvalue weighted by Gasteiger charge is 2.16. The van der Waals surface area contributed by atoms with Crippen LogP contribution in [0.3, 0.4) is 0 Å². The molecule has 0 amide bonds. The van der Waals surface area contributed by atoms with Crippen LogP contribution in [0.2, 0.25) is 0 Å². The lowest BCUT2D eigenvalue weighted by molar-refractivity contribution is -0.148. The van der Waals surface area contributed by atoms with E-state index in [-0.39, 0.29) is 5.97 Å². The summed E-state index contributed by atoms with van der Waals surface area (Å²) in [7, 11) is 2.05. The van der Waals surface area contributed by atoms with Gasteiger partial charge in [-0.3, -0.25) is 0 Å². The first-order valence-electron chi connectivity index (χ1n) is 8.41. The van der Waals surface area contributed by atoms with Gasteiger partial charge in [0.1, 0.15) is 5.60 Å². The average molecular weight is 333 g/mol. The van der Waals surface area contributed by atoms with Gasteiger partial charge in [-0.15, -0.1) is 0 Å². The smallest absolute Gasteiger partial charge is 0.331 e. The summed E-state index contributed by atoms with van der Waals surface area (Å²) in [5.74, 6) is -0.334. The summed E-state index contributed by atoms with van der Waals surface area (Å²) < 4.78 is 7.56. The zero-order valence-corrected chi connectivity index (χ0v) is 15.1. The Hall–Kier alpha value is -2.81. The molecule has 0 aliphatic rings. The molecule has 25 heavy (non-hydrogen) atoms. The minimum absolute atomic E-state index is 0.334. The molecule has 0 saturated carbocycles. The predicted molar refractivity (Wildman–Crippen MR) is 103 cm³/mol. The summed E-state index contributed by atoms with van der Waals surface area (Å²) in [6, 6.07) is 18.4. The van der Waals surface area contributed by atoms with E-state index in [4.69, 9.17) is 4.74 Å². The topological polar surface area (TPSA) is 31.2 Å². The van der Waals surface area contributed by atoms with Crippen LogP contribution < -0.4 is 0 Å². The quantitative estimate of drug-likeness (QED) is 0.487. The van der Waals surface area contributed by atoms with Gasteiger partial charge in [0.25, 0.3) is 0 Å². The molecule has 1 heterocycles. The van der Waals surface area contributed by atoms with Crippen LogP contribution in [0.25, 0.3) is 28.2 Å². The number of para-hydroxylation sites is 1. The minimum atomic E-state index is -0.498. The van der Waals surface area contributed by atoms with E-state index < -0.39 is 5.60 Å². The Kier molecular flexibility index (Phi) is 4.49. The van der Waals surface area contributed by atoms with Crippen LogP contribution in [0, 0.1) is 0 Å². The number of rotatable bonds is 3. The van der Waals surface area contributed by atoms with Crippen molar-refractivity contribution in [1.29, 1.82) is 0 Å². The van der Waals surface area contributed by atoms with Crippen molar-refractivity contribution < 1.29 is 9.53 Å². The van der Waals surface area contributed by atoms with E-state index in [0.29, 0.717) is 0 Å². The number of benzene rings is 2. The summed E-state index contributed by atoms with van der Waals surface area (Å²) in [5.41, 5.74) is 3.86. The molecule has 0 saturated heterocycles. The second-order valence-corrected chi connectivity index (χ2v) is 7.07. The molecule has 0 N–H and O–H groups in total. The maximum absolute atomic E-state index is 12.1. The first-order valence-corrected chi connectivity index (χ1v) is 8.41. The van der Waals surface area contributed by atoms with Crippen LogP contribution in [0.4, 0.5) is 0 Å². The Balaban J connectivity index is 2.12. The number of carbonyl (C=O) groups excluding carboxylic acids is 1. The highest BCUT2D eigenvalue weighted by Crippen LogP contribution is 2.33. The first kappa shape index (κ1) is 17.0. The molecule has 0 spiro atoms. The molecule has 0 atom stereocenters. The van der Waals surface area contributed by atoms with Crippen LogP contribution in [0.5, 0.6) is 0 Å². The third-order valence-corrected chi connectivity index (χ3v) is 3.99. The number of hydrogen-bond acceptors (Lipinski definition) is 2. The fourth-order valence-corrected chi connectivity index (χ4v) is 3.02. The number of aromatic nitrogens is 1. The molecular weight excluding hydrogens is 310 g/mol. The number of aryl methyl sites for hydroxylation is 1. The van der Waals surface area contributed by atoms with E-state index in [1.54, 1.807) is 0 Å². The Morgan fingerprint density at radius 2 is 1.64 bits per heavy atom. The Morgan fingerprint density at radius 3 is 2.32 bits per heavy atom. The van der Waals surface area contributed by atoms with Gasteiger partial charge in [-0.25, -0.2) is 4.79 Å². The fraction of sp³-hybridized carbons (Fsp3) is 0.227. The highest BCUT2D eigenvalue weighted by molar-refractivity contribution is 6.00. The molecule has 0 radical (unpaired) electrons. The van der Waals surface area contributed by atoms with Gasteiger partial charge in [0.05, 0.1) is 5.69 Å². The molecule has 2 aromatic carbocycles. The molecule has 128 valence electrons. The minimum Gasteiger partial charge on any atom is -0.457 e. The van der Waals surface area contributed by atoms with E-state index in [0.717, 1.165) is 27.7 Å². The Bertz CT molecular complexity index is 928. The Labute approximate surface area is 148 Å². The highest BCUT2D eigenvalue weighted by atomic mass is 16.6.